The predicted molar refractivity (Wildman–Crippen MR) is 135 cm³/mol. The molecule has 0 atom stereocenters. The van der Waals surface area contributed by atoms with E-state index in [4.69, 9.17) is 0 Å². The van der Waals surface area contributed by atoms with Crippen LogP contribution < -0.4 is 5.32 Å². The first kappa shape index (κ1) is 20.7. The van der Waals surface area contributed by atoms with E-state index in [1.165, 1.54) is 30.4 Å². The molecule has 166 valence electrons. The van der Waals surface area contributed by atoms with Crippen molar-refractivity contribution in [1.82, 2.24) is 15.1 Å². The van der Waals surface area contributed by atoms with Crippen LogP contribution in [0.5, 0.6) is 0 Å². The number of hydrogen-bond acceptors (Lipinski definition) is 2. The lowest BCUT2D eigenvalue weighted by Gasteiger charge is -2.54. The van der Waals surface area contributed by atoms with Crippen LogP contribution in [-0.2, 0) is 6.54 Å². The molecule has 2 aliphatic carbocycles. The Kier molecular flexibility index (Phi) is 5.10. The van der Waals surface area contributed by atoms with Crippen molar-refractivity contribution in [3.8, 4) is 11.1 Å². The van der Waals surface area contributed by atoms with E-state index in [2.05, 4.69) is 74.9 Å². The summed E-state index contributed by atoms with van der Waals surface area (Å²) < 4.78 is 2.85. The number of rotatable bonds is 5. The first-order valence-electron chi connectivity index (χ1n) is 11.7. The molecular weight excluding hydrogens is 474 g/mol. The van der Waals surface area contributed by atoms with Crippen molar-refractivity contribution in [2.24, 2.45) is 5.41 Å². The normalized spacial score (nSPS) is 17.0. The van der Waals surface area contributed by atoms with E-state index in [-0.39, 0.29) is 5.91 Å². The maximum absolute atomic E-state index is 13.3. The largest absolute Gasteiger partial charge is 0.349 e. The summed E-state index contributed by atoms with van der Waals surface area (Å²) in [4.78, 5) is 13.3. The van der Waals surface area contributed by atoms with Crippen LogP contribution in [0.2, 0.25) is 0 Å². The maximum Gasteiger partial charge on any atom is 0.253 e. The topological polar surface area (TPSA) is 46.9 Å². The summed E-state index contributed by atoms with van der Waals surface area (Å²) in [7, 11) is 0. The van der Waals surface area contributed by atoms with Gasteiger partial charge in [0.1, 0.15) is 0 Å². The first-order valence-corrected chi connectivity index (χ1v) is 12.5. The fraction of sp³-hybridized carbons (Fsp3) is 0.286. The third-order valence-electron chi connectivity index (χ3n) is 7.44. The van der Waals surface area contributed by atoms with Crippen molar-refractivity contribution in [2.45, 2.75) is 44.7 Å². The van der Waals surface area contributed by atoms with Crippen molar-refractivity contribution in [1.29, 1.82) is 0 Å². The molecule has 4 nitrogen and oxygen atoms in total. The molecule has 0 unspecified atom stereocenters. The van der Waals surface area contributed by atoms with Gasteiger partial charge in [0.25, 0.3) is 5.91 Å². The Balaban J connectivity index is 1.25. The second kappa shape index (κ2) is 8.14. The predicted octanol–water partition coefficient (Wildman–Crippen LogP) is 6.58. The average molecular weight is 500 g/mol. The van der Waals surface area contributed by atoms with E-state index >= 15 is 0 Å². The number of hydrogen-bond donors (Lipinski definition) is 1. The van der Waals surface area contributed by atoms with Gasteiger partial charge in [-0.1, -0.05) is 76.9 Å². The lowest BCUT2D eigenvalue weighted by molar-refractivity contribution is -0.000605. The summed E-state index contributed by atoms with van der Waals surface area (Å²) in [6, 6.07) is 23.2. The van der Waals surface area contributed by atoms with Gasteiger partial charge >= 0.3 is 0 Å². The molecule has 2 fully saturated rings. The van der Waals surface area contributed by atoms with E-state index in [1.54, 1.807) is 0 Å². The minimum absolute atomic E-state index is 0.00153. The number of fused-ring (bicyclic) bond motifs is 1. The van der Waals surface area contributed by atoms with Gasteiger partial charge in [-0.2, -0.15) is 5.10 Å². The Hall–Kier alpha value is -2.92. The molecule has 5 heteroatoms. The quantitative estimate of drug-likeness (QED) is 0.337. The van der Waals surface area contributed by atoms with Crippen LogP contribution in [0.3, 0.4) is 0 Å². The van der Waals surface area contributed by atoms with Gasteiger partial charge in [0.05, 0.1) is 23.8 Å². The number of halogens is 1. The molecule has 1 amide bonds. The Morgan fingerprint density at radius 2 is 1.76 bits per heavy atom. The Morgan fingerprint density at radius 1 is 1.03 bits per heavy atom. The van der Waals surface area contributed by atoms with Gasteiger partial charge < -0.3 is 5.32 Å². The van der Waals surface area contributed by atoms with Crippen LogP contribution in [0.4, 0.5) is 0 Å². The Morgan fingerprint density at radius 3 is 2.45 bits per heavy atom. The fourth-order valence-electron chi connectivity index (χ4n) is 5.53. The number of nitrogens with zero attached hydrogens (tertiary/aromatic N) is 2. The van der Waals surface area contributed by atoms with Crippen molar-refractivity contribution < 1.29 is 4.79 Å². The van der Waals surface area contributed by atoms with Gasteiger partial charge in [0.2, 0.25) is 0 Å². The lowest BCUT2D eigenvalue weighted by Crippen LogP contribution is -2.53. The molecule has 1 N–H and O–H groups in total. The number of carbonyl (C=O) groups excluding carboxylic acids is 1. The lowest BCUT2D eigenvalue weighted by atomic mass is 9.54. The minimum Gasteiger partial charge on any atom is -0.349 e. The molecule has 2 aliphatic rings. The maximum atomic E-state index is 13.3. The molecule has 0 radical (unpaired) electrons. The molecule has 3 aromatic carbocycles. The second-order valence-corrected chi connectivity index (χ2v) is 10.6. The standard InChI is InChI=1S/C28H26BrN3O/c29-23-13-22-17-30-32(18-19-7-9-21(10-8-19)20-5-2-1-3-6-20)26(22)25(14-23)27(33)31-24-15-28(16-24)11-4-12-28/h1-3,5-10,13-14,17,24H,4,11-12,15-16,18H2,(H,31,33). The third-order valence-corrected chi connectivity index (χ3v) is 7.90. The molecule has 2 saturated carbocycles. The van der Waals surface area contributed by atoms with E-state index in [1.807, 2.05) is 29.1 Å². The van der Waals surface area contributed by atoms with Crippen LogP contribution in [0.25, 0.3) is 22.0 Å². The summed E-state index contributed by atoms with van der Waals surface area (Å²) in [5, 5.41) is 8.88. The summed E-state index contributed by atoms with van der Waals surface area (Å²) in [6.07, 6.45) is 8.11. The molecule has 33 heavy (non-hydrogen) atoms. The molecule has 1 spiro atoms. The Labute approximate surface area is 202 Å². The molecule has 1 heterocycles. The number of carbonyl (C=O) groups is 1. The van der Waals surface area contributed by atoms with Crippen molar-refractivity contribution in [2.75, 3.05) is 0 Å². The van der Waals surface area contributed by atoms with E-state index in [9.17, 15) is 4.79 Å². The first-order chi connectivity index (χ1) is 16.1. The van der Waals surface area contributed by atoms with Crippen molar-refractivity contribution in [3.05, 3.63) is 88.5 Å². The summed E-state index contributed by atoms with van der Waals surface area (Å²) in [6.45, 7) is 0.618. The van der Waals surface area contributed by atoms with Crippen LogP contribution in [0, 0.1) is 5.41 Å². The highest BCUT2D eigenvalue weighted by atomic mass is 79.9. The number of amides is 1. The smallest absolute Gasteiger partial charge is 0.253 e. The minimum atomic E-state index is 0.00153. The van der Waals surface area contributed by atoms with Gasteiger partial charge in [-0.15, -0.1) is 0 Å². The molecule has 6 rings (SSSR count). The van der Waals surface area contributed by atoms with Gasteiger partial charge in [-0.25, -0.2) is 0 Å². The highest BCUT2D eigenvalue weighted by molar-refractivity contribution is 9.10. The molecule has 0 aliphatic heterocycles. The van der Waals surface area contributed by atoms with Gasteiger partial charge in [-0.05, 0) is 59.9 Å². The van der Waals surface area contributed by atoms with Gasteiger partial charge in [0, 0.05) is 15.9 Å². The average Bonchev–Trinajstić information content (AvgIpc) is 3.17. The summed E-state index contributed by atoms with van der Waals surface area (Å²) in [5.41, 5.74) is 5.67. The fourth-order valence-corrected chi connectivity index (χ4v) is 6.01. The SMILES string of the molecule is O=C(NC1CC2(CCC2)C1)c1cc(Br)cc2cnn(Cc3ccc(-c4ccccc4)cc3)c12. The number of nitrogens with one attached hydrogen (secondary N) is 1. The van der Waals surface area contributed by atoms with Crippen LogP contribution in [-0.4, -0.2) is 21.7 Å². The summed E-state index contributed by atoms with van der Waals surface area (Å²) in [5.74, 6) is 0.00153. The van der Waals surface area contributed by atoms with Crippen molar-refractivity contribution in [3.63, 3.8) is 0 Å². The highest BCUT2D eigenvalue weighted by Gasteiger charge is 2.48. The molecule has 0 saturated heterocycles. The number of aromatic nitrogens is 2. The van der Waals surface area contributed by atoms with Crippen molar-refractivity contribution >= 4 is 32.7 Å². The van der Waals surface area contributed by atoms with Gasteiger partial charge in [-0.3, -0.25) is 9.48 Å². The van der Waals surface area contributed by atoms with E-state index in [0.717, 1.165) is 33.8 Å². The molecule has 0 bridgehead atoms. The third kappa shape index (κ3) is 3.89. The molecular formula is C28H26BrN3O. The van der Waals surface area contributed by atoms with E-state index in [0.29, 0.717) is 23.6 Å². The highest BCUT2D eigenvalue weighted by Crippen LogP contribution is 2.55. The van der Waals surface area contributed by atoms with Crippen LogP contribution >= 0.6 is 15.9 Å². The van der Waals surface area contributed by atoms with E-state index < -0.39 is 0 Å². The second-order valence-electron chi connectivity index (χ2n) is 9.69. The monoisotopic (exact) mass is 499 g/mol. The van der Waals surface area contributed by atoms with Crippen LogP contribution in [0.1, 0.15) is 48.0 Å². The van der Waals surface area contributed by atoms with Gasteiger partial charge in [0.15, 0.2) is 0 Å². The summed E-state index contributed by atoms with van der Waals surface area (Å²) >= 11 is 3.58. The zero-order valence-corrected chi connectivity index (χ0v) is 20.0. The van der Waals surface area contributed by atoms with Crippen LogP contribution in [0.15, 0.2) is 77.4 Å². The molecule has 4 aromatic rings. The number of benzene rings is 3. The molecule has 1 aromatic heterocycles. The zero-order valence-electron chi connectivity index (χ0n) is 18.4. The Bertz CT molecular complexity index is 1310. The zero-order chi connectivity index (χ0) is 22.4.